The van der Waals surface area contributed by atoms with Gasteiger partial charge in [0.2, 0.25) is 0 Å². The lowest BCUT2D eigenvalue weighted by molar-refractivity contribution is 0.0214. The predicted octanol–water partition coefficient (Wildman–Crippen LogP) is 0.932. The first-order chi connectivity index (χ1) is 19.2. The van der Waals surface area contributed by atoms with Crippen molar-refractivity contribution < 1.29 is 19.1 Å². The molecular weight excluding hydrogens is 502 g/mol. The van der Waals surface area contributed by atoms with E-state index in [1.165, 1.54) is 6.33 Å². The van der Waals surface area contributed by atoms with Crippen molar-refractivity contribution in [2.45, 2.75) is 0 Å². The standard InChI is InChI=1S/C26H37N9O4/c27-24-23(19-30-39-18-11-32-9-14-37-15-10-32)25(29-20-28-24)34-5-7-35(8-6-34)26(36)31-21-1-3-22(4-2-21)33-12-16-38-17-13-33/h1-4,19-20H,5-18H2,(H,31,36)(H2,27,28,29)/b30-19+. The molecule has 0 saturated carbocycles. The Bertz CT molecular complexity index is 1100. The minimum Gasteiger partial charge on any atom is -0.394 e. The van der Waals surface area contributed by atoms with Gasteiger partial charge in [0, 0.05) is 70.3 Å². The molecule has 3 aliphatic rings. The van der Waals surface area contributed by atoms with E-state index < -0.39 is 0 Å². The Balaban J connectivity index is 1.11. The summed E-state index contributed by atoms with van der Waals surface area (Å²) in [4.78, 5) is 35.4. The Morgan fingerprint density at radius 2 is 1.64 bits per heavy atom. The second-order valence-corrected chi connectivity index (χ2v) is 9.57. The Labute approximate surface area is 228 Å². The molecular formula is C26H37N9O4. The van der Waals surface area contributed by atoms with Crippen molar-refractivity contribution in [2.24, 2.45) is 5.16 Å². The summed E-state index contributed by atoms with van der Waals surface area (Å²) >= 11 is 0. The van der Waals surface area contributed by atoms with Crippen LogP contribution in [0.2, 0.25) is 0 Å². The Hall–Kier alpha value is -3.68. The van der Waals surface area contributed by atoms with Gasteiger partial charge in [-0.05, 0) is 24.3 Å². The number of nitrogens with one attached hydrogen (secondary N) is 1. The maximum absolute atomic E-state index is 12.9. The number of hydrogen-bond acceptors (Lipinski definition) is 11. The first-order valence-electron chi connectivity index (χ1n) is 13.5. The summed E-state index contributed by atoms with van der Waals surface area (Å²) in [6, 6.07) is 7.84. The lowest BCUT2D eigenvalue weighted by Gasteiger charge is -2.36. The lowest BCUT2D eigenvalue weighted by Crippen LogP contribution is -2.50. The Morgan fingerprint density at radius 3 is 2.36 bits per heavy atom. The monoisotopic (exact) mass is 539 g/mol. The van der Waals surface area contributed by atoms with Gasteiger partial charge >= 0.3 is 6.03 Å². The van der Waals surface area contributed by atoms with Gasteiger partial charge in [-0.3, -0.25) is 4.90 Å². The lowest BCUT2D eigenvalue weighted by atomic mass is 10.2. The second-order valence-electron chi connectivity index (χ2n) is 9.57. The highest BCUT2D eigenvalue weighted by atomic mass is 16.6. The number of anilines is 4. The molecule has 2 aromatic rings. The molecule has 2 amide bonds. The predicted molar refractivity (Wildman–Crippen MR) is 150 cm³/mol. The molecule has 3 aliphatic heterocycles. The van der Waals surface area contributed by atoms with E-state index in [1.54, 1.807) is 11.1 Å². The van der Waals surface area contributed by atoms with Crippen LogP contribution in [0, 0.1) is 0 Å². The molecule has 1 aromatic carbocycles. The summed E-state index contributed by atoms with van der Waals surface area (Å²) in [6.07, 6.45) is 3.02. The van der Waals surface area contributed by atoms with Crippen molar-refractivity contribution >= 4 is 35.3 Å². The molecule has 0 bridgehead atoms. The molecule has 3 saturated heterocycles. The smallest absolute Gasteiger partial charge is 0.321 e. The molecule has 13 heteroatoms. The fourth-order valence-electron chi connectivity index (χ4n) is 4.81. The van der Waals surface area contributed by atoms with E-state index in [0.717, 1.165) is 70.5 Å². The number of aromatic nitrogens is 2. The molecule has 0 spiro atoms. The van der Waals surface area contributed by atoms with E-state index in [9.17, 15) is 4.79 Å². The molecule has 39 heavy (non-hydrogen) atoms. The Morgan fingerprint density at radius 1 is 0.949 bits per heavy atom. The van der Waals surface area contributed by atoms with Crippen LogP contribution in [0.1, 0.15) is 5.56 Å². The highest BCUT2D eigenvalue weighted by Crippen LogP contribution is 2.22. The van der Waals surface area contributed by atoms with E-state index in [0.29, 0.717) is 50.0 Å². The van der Waals surface area contributed by atoms with Gasteiger partial charge in [-0.1, -0.05) is 5.16 Å². The summed E-state index contributed by atoms with van der Waals surface area (Å²) in [6.45, 7) is 10.1. The van der Waals surface area contributed by atoms with Gasteiger partial charge in [-0.2, -0.15) is 0 Å². The van der Waals surface area contributed by atoms with Gasteiger partial charge in [0.15, 0.2) is 0 Å². The topological polar surface area (TPSA) is 134 Å². The molecule has 0 unspecified atom stereocenters. The quantitative estimate of drug-likeness (QED) is 0.283. The van der Waals surface area contributed by atoms with Crippen LogP contribution >= 0.6 is 0 Å². The van der Waals surface area contributed by atoms with E-state index in [4.69, 9.17) is 20.0 Å². The first-order valence-corrected chi connectivity index (χ1v) is 13.5. The zero-order valence-corrected chi connectivity index (χ0v) is 22.2. The van der Waals surface area contributed by atoms with E-state index in [-0.39, 0.29) is 6.03 Å². The third-order valence-corrected chi connectivity index (χ3v) is 7.11. The highest BCUT2D eigenvalue weighted by Gasteiger charge is 2.24. The van der Waals surface area contributed by atoms with Crippen molar-refractivity contribution in [3.05, 3.63) is 36.2 Å². The zero-order chi connectivity index (χ0) is 26.9. The van der Waals surface area contributed by atoms with Crippen LogP contribution in [0.15, 0.2) is 35.7 Å². The number of ether oxygens (including phenoxy) is 2. The van der Waals surface area contributed by atoms with E-state index in [2.05, 4.69) is 35.1 Å². The van der Waals surface area contributed by atoms with Crippen molar-refractivity contribution in [3.63, 3.8) is 0 Å². The number of nitrogens with zero attached hydrogens (tertiary/aromatic N) is 7. The third-order valence-electron chi connectivity index (χ3n) is 7.11. The molecule has 0 atom stereocenters. The second kappa shape index (κ2) is 13.4. The molecule has 1 aromatic heterocycles. The van der Waals surface area contributed by atoms with Crippen LogP contribution in [-0.2, 0) is 14.3 Å². The van der Waals surface area contributed by atoms with Crippen molar-refractivity contribution in [3.8, 4) is 0 Å². The third kappa shape index (κ3) is 7.25. The molecule has 13 nitrogen and oxygen atoms in total. The number of nitrogens with two attached hydrogens (primary N) is 1. The van der Waals surface area contributed by atoms with Gasteiger partial charge < -0.3 is 40.1 Å². The van der Waals surface area contributed by atoms with E-state index >= 15 is 0 Å². The molecule has 0 radical (unpaired) electrons. The number of morpholine rings is 2. The molecule has 210 valence electrons. The SMILES string of the molecule is Nc1ncnc(N2CCN(C(=O)Nc3ccc(N4CCOCC4)cc3)CC2)c1/C=N/OCCN1CCOCC1. The molecule has 0 aliphatic carbocycles. The average molecular weight is 540 g/mol. The molecule has 3 N–H and O–H groups in total. The van der Waals surface area contributed by atoms with Crippen LogP contribution in [-0.4, -0.2) is 124 Å². The minimum atomic E-state index is -0.119. The Kier molecular flexibility index (Phi) is 9.25. The number of amides is 2. The number of carbonyl (C=O) groups is 1. The highest BCUT2D eigenvalue weighted by molar-refractivity contribution is 5.92. The van der Waals surface area contributed by atoms with Crippen molar-refractivity contribution in [1.82, 2.24) is 19.8 Å². The summed E-state index contributed by atoms with van der Waals surface area (Å²) in [5, 5.41) is 7.13. The maximum atomic E-state index is 12.9. The van der Waals surface area contributed by atoms with Gasteiger partial charge in [0.05, 0.1) is 38.2 Å². The summed E-state index contributed by atoms with van der Waals surface area (Å²) < 4.78 is 10.8. The summed E-state index contributed by atoms with van der Waals surface area (Å²) in [7, 11) is 0. The number of rotatable bonds is 8. The minimum absolute atomic E-state index is 0.119. The number of piperazine rings is 1. The van der Waals surface area contributed by atoms with Crippen molar-refractivity contribution in [1.29, 1.82) is 0 Å². The van der Waals surface area contributed by atoms with E-state index in [1.807, 2.05) is 24.3 Å². The number of benzene rings is 1. The van der Waals surface area contributed by atoms with Gasteiger partial charge in [0.25, 0.3) is 0 Å². The van der Waals surface area contributed by atoms with Gasteiger partial charge in [-0.25, -0.2) is 14.8 Å². The largest absolute Gasteiger partial charge is 0.394 e. The normalized spacial score (nSPS) is 18.9. The number of carbonyl (C=O) groups excluding carboxylic acids is 1. The molecule has 5 rings (SSSR count). The molecule has 4 heterocycles. The first kappa shape index (κ1) is 26.9. The van der Waals surface area contributed by atoms with Crippen LogP contribution in [0.25, 0.3) is 0 Å². The zero-order valence-electron chi connectivity index (χ0n) is 22.2. The number of urea groups is 1. The fourth-order valence-corrected chi connectivity index (χ4v) is 4.81. The van der Waals surface area contributed by atoms with Crippen molar-refractivity contribution in [2.75, 3.05) is 113 Å². The van der Waals surface area contributed by atoms with Crippen LogP contribution in [0.5, 0.6) is 0 Å². The van der Waals surface area contributed by atoms with Gasteiger partial charge in [0.1, 0.15) is 24.6 Å². The number of hydrogen-bond donors (Lipinski definition) is 2. The maximum Gasteiger partial charge on any atom is 0.321 e. The number of oxime groups is 1. The fraction of sp³-hybridized carbons (Fsp3) is 0.538. The number of nitrogen functional groups attached to an aromatic ring is 1. The average Bonchev–Trinajstić information content (AvgIpc) is 2.99. The van der Waals surface area contributed by atoms with Crippen LogP contribution in [0.3, 0.4) is 0 Å². The summed E-state index contributed by atoms with van der Waals surface area (Å²) in [5.74, 6) is 1.02. The van der Waals surface area contributed by atoms with Crippen LogP contribution in [0.4, 0.5) is 27.8 Å². The molecule has 3 fully saturated rings. The van der Waals surface area contributed by atoms with Gasteiger partial charge in [-0.15, -0.1) is 0 Å². The summed E-state index contributed by atoms with van der Waals surface area (Å²) in [5.41, 5.74) is 8.67. The van der Waals surface area contributed by atoms with Crippen LogP contribution < -0.4 is 20.9 Å².